The van der Waals surface area contributed by atoms with E-state index in [0.29, 0.717) is 22.6 Å². The zero-order valence-electron chi connectivity index (χ0n) is 11.5. The molecule has 2 aromatic rings. The highest BCUT2D eigenvalue weighted by Crippen LogP contribution is 2.13. The van der Waals surface area contributed by atoms with Gasteiger partial charge >= 0.3 is 0 Å². The molecule has 0 unspecified atom stereocenters. The molecule has 0 saturated carbocycles. The predicted octanol–water partition coefficient (Wildman–Crippen LogP) is 2.07. The zero-order valence-corrected chi connectivity index (χ0v) is 11.5. The molecule has 2 rings (SSSR count). The van der Waals surface area contributed by atoms with E-state index < -0.39 is 0 Å². The molecule has 5 nitrogen and oxygen atoms in total. The summed E-state index contributed by atoms with van der Waals surface area (Å²) in [5.41, 5.74) is 18.5. The first-order chi connectivity index (χ1) is 9.56. The third-order valence-electron chi connectivity index (χ3n) is 2.34. The molecule has 0 aliphatic carbocycles. The Balaban J connectivity index is 0.000000612. The van der Waals surface area contributed by atoms with Crippen LogP contribution in [-0.2, 0) is 0 Å². The van der Waals surface area contributed by atoms with Crippen LogP contribution in [0.3, 0.4) is 0 Å². The van der Waals surface area contributed by atoms with E-state index >= 15 is 0 Å². The third kappa shape index (κ3) is 4.99. The average molecular weight is 272 g/mol. The lowest BCUT2D eigenvalue weighted by atomic mass is 10.2. The lowest BCUT2D eigenvalue weighted by Gasteiger charge is -2.05. The third-order valence-corrected chi connectivity index (χ3v) is 2.34. The number of carbonyl (C=O) groups is 1. The van der Waals surface area contributed by atoms with Crippen molar-refractivity contribution in [2.45, 2.75) is 6.92 Å². The van der Waals surface area contributed by atoms with E-state index in [1.165, 1.54) is 0 Å². The number of hydrogen-bond donors (Lipinski definition) is 4. The summed E-state index contributed by atoms with van der Waals surface area (Å²) in [5, 5.41) is 2.77. The van der Waals surface area contributed by atoms with Gasteiger partial charge < -0.3 is 22.5 Å². The van der Waals surface area contributed by atoms with E-state index in [1.807, 2.05) is 6.92 Å². The molecule has 0 fully saturated rings. The standard InChI is InChI=1S/C13H13N3O.C2H7N/c14-10-3-1-9(2-4-10)13(17)16-12-7-5-11(15)6-8-12;1-2-3/h1-8H,14-15H2,(H,16,17);2-3H2,1H3. The Morgan fingerprint density at radius 3 is 1.80 bits per heavy atom. The van der Waals surface area contributed by atoms with E-state index in [1.54, 1.807) is 48.5 Å². The molecular weight excluding hydrogens is 252 g/mol. The van der Waals surface area contributed by atoms with Crippen molar-refractivity contribution < 1.29 is 4.79 Å². The summed E-state index contributed by atoms with van der Waals surface area (Å²) >= 11 is 0. The molecule has 0 heterocycles. The topological polar surface area (TPSA) is 107 Å². The van der Waals surface area contributed by atoms with Gasteiger partial charge in [0.1, 0.15) is 0 Å². The van der Waals surface area contributed by atoms with Crippen molar-refractivity contribution in [2.24, 2.45) is 5.73 Å². The lowest BCUT2D eigenvalue weighted by molar-refractivity contribution is 0.102. The van der Waals surface area contributed by atoms with Gasteiger partial charge in [-0.15, -0.1) is 0 Å². The van der Waals surface area contributed by atoms with E-state index in [0.717, 1.165) is 6.54 Å². The number of amides is 1. The van der Waals surface area contributed by atoms with E-state index in [4.69, 9.17) is 17.2 Å². The molecule has 20 heavy (non-hydrogen) atoms. The van der Waals surface area contributed by atoms with Gasteiger partial charge in [-0.25, -0.2) is 0 Å². The van der Waals surface area contributed by atoms with Crippen LogP contribution in [0.5, 0.6) is 0 Å². The Morgan fingerprint density at radius 2 is 1.35 bits per heavy atom. The molecule has 0 atom stereocenters. The van der Waals surface area contributed by atoms with Gasteiger partial charge in [0.15, 0.2) is 0 Å². The fraction of sp³-hybridized carbons (Fsp3) is 0.133. The van der Waals surface area contributed by atoms with Gasteiger partial charge in [0, 0.05) is 22.6 Å². The molecule has 0 radical (unpaired) electrons. The molecule has 0 aromatic heterocycles. The highest BCUT2D eigenvalue weighted by Gasteiger charge is 2.05. The van der Waals surface area contributed by atoms with Crippen LogP contribution in [0, 0.1) is 0 Å². The summed E-state index contributed by atoms with van der Waals surface area (Å²) in [6.45, 7) is 2.65. The zero-order chi connectivity index (χ0) is 15.0. The maximum absolute atomic E-state index is 11.8. The minimum absolute atomic E-state index is 0.172. The number of anilines is 3. The number of hydrogen-bond acceptors (Lipinski definition) is 4. The number of benzene rings is 2. The first kappa shape index (κ1) is 15.5. The van der Waals surface area contributed by atoms with Crippen molar-refractivity contribution in [1.82, 2.24) is 0 Å². The summed E-state index contributed by atoms with van der Waals surface area (Å²) in [6, 6.07) is 13.7. The van der Waals surface area contributed by atoms with Crippen LogP contribution < -0.4 is 22.5 Å². The first-order valence-electron chi connectivity index (χ1n) is 6.29. The molecule has 2 aromatic carbocycles. The molecule has 0 aliphatic heterocycles. The van der Waals surface area contributed by atoms with Crippen molar-refractivity contribution in [3.8, 4) is 0 Å². The second-order valence-electron chi connectivity index (χ2n) is 4.11. The van der Waals surface area contributed by atoms with E-state index in [2.05, 4.69) is 5.32 Å². The van der Waals surface area contributed by atoms with Crippen LogP contribution >= 0.6 is 0 Å². The van der Waals surface area contributed by atoms with Crippen LogP contribution in [0.25, 0.3) is 0 Å². The summed E-state index contributed by atoms with van der Waals surface area (Å²) < 4.78 is 0. The van der Waals surface area contributed by atoms with Gasteiger partial charge in [0.2, 0.25) is 0 Å². The summed E-state index contributed by atoms with van der Waals surface area (Å²) in [7, 11) is 0. The number of carbonyl (C=O) groups excluding carboxylic acids is 1. The molecular formula is C15H20N4O. The minimum atomic E-state index is -0.172. The van der Waals surface area contributed by atoms with Crippen LogP contribution in [0.2, 0.25) is 0 Å². The molecule has 0 bridgehead atoms. The van der Waals surface area contributed by atoms with Gasteiger partial charge in [-0.05, 0) is 55.1 Å². The first-order valence-corrected chi connectivity index (χ1v) is 6.29. The summed E-state index contributed by atoms with van der Waals surface area (Å²) in [6.07, 6.45) is 0. The van der Waals surface area contributed by atoms with Crippen LogP contribution in [-0.4, -0.2) is 12.5 Å². The van der Waals surface area contributed by atoms with Crippen LogP contribution in [0.4, 0.5) is 17.1 Å². The average Bonchev–Trinajstić information content (AvgIpc) is 2.43. The number of nitrogens with two attached hydrogens (primary N) is 3. The molecule has 0 saturated heterocycles. The normalized spacial score (nSPS) is 9.30. The van der Waals surface area contributed by atoms with Gasteiger partial charge in [-0.3, -0.25) is 4.79 Å². The van der Waals surface area contributed by atoms with Gasteiger partial charge in [0.25, 0.3) is 5.91 Å². The Labute approximate surface area is 118 Å². The number of nitrogen functional groups attached to an aromatic ring is 2. The SMILES string of the molecule is CCN.Nc1ccc(NC(=O)c2ccc(N)cc2)cc1. The van der Waals surface area contributed by atoms with Crippen LogP contribution in [0.1, 0.15) is 17.3 Å². The molecule has 7 N–H and O–H groups in total. The van der Waals surface area contributed by atoms with E-state index in [9.17, 15) is 4.79 Å². The van der Waals surface area contributed by atoms with Crippen molar-refractivity contribution >= 4 is 23.0 Å². The number of nitrogens with one attached hydrogen (secondary N) is 1. The highest BCUT2D eigenvalue weighted by molar-refractivity contribution is 6.04. The smallest absolute Gasteiger partial charge is 0.255 e. The minimum Gasteiger partial charge on any atom is -0.399 e. The lowest BCUT2D eigenvalue weighted by Crippen LogP contribution is -2.11. The van der Waals surface area contributed by atoms with Gasteiger partial charge in [0.05, 0.1) is 0 Å². The predicted molar refractivity (Wildman–Crippen MR) is 84.4 cm³/mol. The Morgan fingerprint density at radius 1 is 0.950 bits per heavy atom. The fourth-order valence-electron chi connectivity index (χ4n) is 1.40. The quantitative estimate of drug-likeness (QED) is 0.628. The largest absolute Gasteiger partial charge is 0.399 e. The molecule has 1 amide bonds. The molecule has 106 valence electrons. The Bertz CT molecular complexity index is 535. The van der Waals surface area contributed by atoms with E-state index in [-0.39, 0.29) is 5.91 Å². The Hall–Kier alpha value is -2.53. The molecule has 0 spiro atoms. The maximum atomic E-state index is 11.8. The monoisotopic (exact) mass is 272 g/mol. The van der Waals surface area contributed by atoms with Crippen molar-refractivity contribution in [1.29, 1.82) is 0 Å². The number of rotatable bonds is 2. The van der Waals surface area contributed by atoms with Crippen molar-refractivity contribution in [3.63, 3.8) is 0 Å². The van der Waals surface area contributed by atoms with Crippen molar-refractivity contribution in [2.75, 3.05) is 23.3 Å². The highest BCUT2D eigenvalue weighted by atomic mass is 16.1. The second-order valence-corrected chi connectivity index (χ2v) is 4.11. The maximum Gasteiger partial charge on any atom is 0.255 e. The fourth-order valence-corrected chi connectivity index (χ4v) is 1.40. The molecule has 5 heteroatoms. The van der Waals surface area contributed by atoms with Crippen LogP contribution in [0.15, 0.2) is 48.5 Å². The van der Waals surface area contributed by atoms with Gasteiger partial charge in [-0.2, -0.15) is 0 Å². The van der Waals surface area contributed by atoms with Crippen molar-refractivity contribution in [3.05, 3.63) is 54.1 Å². The molecule has 0 aliphatic rings. The van der Waals surface area contributed by atoms with Gasteiger partial charge in [-0.1, -0.05) is 6.92 Å². The summed E-state index contributed by atoms with van der Waals surface area (Å²) in [5.74, 6) is -0.172. The second kappa shape index (κ2) is 7.81. The summed E-state index contributed by atoms with van der Waals surface area (Å²) in [4.78, 5) is 11.8. The Kier molecular flexibility index (Phi) is 6.06.